The third kappa shape index (κ3) is 2.47. The van der Waals surface area contributed by atoms with Crippen LogP contribution >= 0.6 is 15.9 Å². The molecule has 0 spiro atoms. The molecule has 3 nitrogen and oxygen atoms in total. The van der Waals surface area contributed by atoms with E-state index in [9.17, 15) is 4.79 Å². The molecule has 1 heterocycles. The predicted octanol–water partition coefficient (Wildman–Crippen LogP) is 4.70. The van der Waals surface area contributed by atoms with Gasteiger partial charge in [-0.05, 0) is 40.8 Å². The number of carbonyl (C=O) groups excluding carboxylic acids is 1. The van der Waals surface area contributed by atoms with Crippen LogP contribution in [0.4, 0.5) is 5.69 Å². The standard InChI is InChI=1S/C20H16BrNO2/c1-24-15-8-5-13(6-9-15)12-22-18-4-2-3-16-17(21)10-7-14(20(16)18)11-19(22)23/h2-10H,11-12H2,1H3. The highest BCUT2D eigenvalue weighted by Crippen LogP contribution is 2.38. The number of carbonyl (C=O) groups is 1. The Bertz CT molecular complexity index is 934. The van der Waals surface area contributed by atoms with Crippen LogP contribution in [0, 0.1) is 0 Å². The van der Waals surface area contributed by atoms with Crippen molar-refractivity contribution in [1.29, 1.82) is 0 Å². The molecule has 1 aliphatic heterocycles. The summed E-state index contributed by atoms with van der Waals surface area (Å²) in [6, 6.07) is 18.0. The second-order valence-corrected chi connectivity index (χ2v) is 6.77. The van der Waals surface area contributed by atoms with Crippen LogP contribution in [0.2, 0.25) is 0 Å². The van der Waals surface area contributed by atoms with E-state index in [2.05, 4.69) is 22.0 Å². The smallest absolute Gasteiger partial charge is 0.231 e. The largest absolute Gasteiger partial charge is 0.497 e. The number of nitrogens with zero attached hydrogens (tertiary/aromatic N) is 1. The first-order valence-corrected chi connectivity index (χ1v) is 8.60. The summed E-state index contributed by atoms with van der Waals surface area (Å²) in [5, 5.41) is 2.32. The summed E-state index contributed by atoms with van der Waals surface area (Å²) in [6.45, 7) is 0.563. The van der Waals surface area contributed by atoms with Crippen molar-refractivity contribution in [3.05, 3.63) is 70.2 Å². The Kier molecular flexibility index (Phi) is 3.77. The first-order chi connectivity index (χ1) is 11.7. The molecule has 3 aromatic carbocycles. The van der Waals surface area contributed by atoms with Crippen molar-refractivity contribution in [3.63, 3.8) is 0 Å². The van der Waals surface area contributed by atoms with Gasteiger partial charge in [-0.3, -0.25) is 4.79 Å². The van der Waals surface area contributed by atoms with Gasteiger partial charge in [0.15, 0.2) is 0 Å². The number of halogens is 1. The maximum Gasteiger partial charge on any atom is 0.231 e. The molecule has 0 N–H and O–H groups in total. The topological polar surface area (TPSA) is 29.5 Å². The maximum atomic E-state index is 12.7. The van der Waals surface area contributed by atoms with Crippen LogP contribution in [0.5, 0.6) is 5.75 Å². The Morgan fingerprint density at radius 1 is 1.08 bits per heavy atom. The SMILES string of the molecule is COc1ccc(CN2C(=O)Cc3ccc(Br)c4cccc2c34)cc1. The first-order valence-electron chi connectivity index (χ1n) is 7.81. The number of hydrogen-bond donors (Lipinski definition) is 0. The third-order valence-corrected chi connectivity index (χ3v) is 5.18. The summed E-state index contributed by atoms with van der Waals surface area (Å²) in [4.78, 5) is 14.6. The van der Waals surface area contributed by atoms with E-state index in [0.29, 0.717) is 13.0 Å². The van der Waals surface area contributed by atoms with Gasteiger partial charge in [0.1, 0.15) is 5.75 Å². The number of methoxy groups -OCH3 is 1. The number of benzene rings is 3. The third-order valence-electron chi connectivity index (χ3n) is 4.48. The Balaban J connectivity index is 1.79. The lowest BCUT2D eigenvalue weighted by Gasteiger charge is -2.30. The van der Waals surface area contributed by atoms with Gasteiger partial charge in [-0.15, -0.1) is 0 Å². The van der Waals surface area contributed by atoms with Crippen molar-refractivity contribution >= 4 is 38.3 Å². The van der Waals surface area contributed by atoms with Gasteiger partial charge in [-0.2, -0.15) is 0 Å². The molecule has 0 saturated carbocycles. The van der Waals surface area contributed by atoms with Gasteiger partial charge < -0.3 is 9.64 Å². The van der Waals surface area contributed by atoms with E-state index in [1.165, 1.54) is 5.39 Å². The normalized spacial score (nSPS) is 13.4. The van der Waals surface area contributed by atoms with E-state index in [1.807, 2.05) is 53.4 Å². The minimum absolute atomic E-state index is 0.133. The molecular weight excluding hydrogens is 366 g/mol. The van der Waals surface area contributed by atoms with E-state index in [1.54, 1.807) is 7.11 Å². The average Bonchev–Trinajstić information content (AvgIpc) is 2.61. The van der Waals surface area contributed by atoms with Crippen LogP contribution in [0.15, 0.2) is 59.1 Å². The van der Waals surface area contributed by atoms with Gasteiger partial charge in [-0.25, -0.2) is 0 Å². The quantitative estimate of drug-likeness (QED) is 0.657. The Hall–Kier alpha value is -2.33. The van der Waals surface area contributed by atoms with Crippen molar-refractivity contribution in [2.45, 2.75) is 13.0 Å². The Morgan fingerprint density at radius 3 is 2.62 bits per heavy atom. The molecule has 24 heavy (non-hydrogen) atoms. The number of rotatable bonds is 3. The van der Waals surface area contributed by atoms with Crippen LogP contribution in [0.25, 0.3) is 10.8 Å². The van der Waals surface area contributed by atoms with Gasteiger partial charge >= 0.3 is 0 Å². The van der Waals surface area contributed by atoms with Crippen molar-refractivity contribution < 1.29 is 9.53 Å². The second kappa shape index (κ2) is 5.95. The fourth-order valence-corrected chi connectivity index (χ4v) is 3.74. The molecular formula is C20H16BrNO2. The summed E-state index contributed by atoms with van der Waals surface area (Å²) >= 11 is 3.62. The molecule has 0 bridgehead atoms. The molecule has 120 valence electrons. The van der Waals surface area contributed by atoms with Crippen molar-refractivity contribution in [2.75, 3.05) is 12.0 Å². The van der Waals surface area contributed by atoms with Crippen molar-refractivity contribution in [3.8, 4) is 5.75 Å². The minimum atomic E-state index is 0.133. The molecule has 0 aliphatic carbocycles. The summed E-state index contributed by atoms with van der Waals surface area (Å²) in [5.74, 6) is 0.952. The van der Waals surface area contributed by atoms with Crippen LogP contribution in [0.1, 0.15) is 11.1 Å². The van der Waals surface area contributed by atoms with Gasteiger partial charge in [0.2, 0.25) is 5.91 Å². The summed E-state index contributed by atoms with van der Waals surface area (Å²) < 4.78 is 6.26. The lowest BCUT2D eigenvalue weighted by molar-refractivity contribution is -0.118. The highest BCUT2D eigenvalue weighted by molar-refractivity contribution is 9.10. The van der Waals surface area contributed by atoms with Gasteiger partial charge in [0.25, 0.3) is 0 Å². The highest BCUT2D eigenvalue weighted by Gasteiger charge is 2.26. The van der Waals surface area contributed by atoms with Crippen LogP contribution in [-0.2, 0) is 17.8 Å². The molecule has 0 unspecified atom stereocenters. The molecule has 0 saturated heterocycles. The highest BCUT2D eigenvalue weighted by atomic mass is 79.9. The van der Waals surface area contributed by atoms with E-state index in [-0.39, 0.29) is 5.91 Å². The molecule has 0 radical (unpaired) electrons. The zero-order valence-corrected chi connectivity index (χ0v) is 14.8. The zero-order valence-electron chi connectivity index (χ0n) is 13.3. The van der Waals surface area contributed by atoms with Crippen LogP contribution < -0.4 is 9.64 Å². The fraction of sp³-hybridized carbons (Fsp3) is 0.150. The molecule has 4 heteroatoms. The number of amides is 1. The first kappa shape index (κ1) is 15.2. The van der Waals surface area contributed by atoms with Crippen molar-refractivity contribution in [2.24, 2.45) is 0 Å². The molecule has 4 rings (SSSR count). The fourth-order valence-electron chi connectivity index (χ4n) is 3.28. The van der Waals surface area contributed by atoms with E-state index < -0.39 is 0 Å². The summed E-state index contributed by atoms with van der Waals surface area (Å²) in [7, 11) is 1.65. The van der Waals surface area contributed by atoms with Crippen molar-refractivity contribution in [1.82, 2.24) is 0 Å². The number of ether oxygens (including phenoxy) is 1. The Morgan fingerprint density at radius 2 is 1.88 bits per heavy atom. The van der Waals surface area contributed by atoms with Crippen LogP contribution in [-0.4, -0.2) is 13.0 Å². The zero-order chi connectivity index (χ0) is 16.7. The molecule has 0 atom stereocenters. The van der Waals surface area contributed by atoms with Gasteiger partial charge in [-0.1, -0.05) is 46.3 Å². The monoisotopic (exact) mass is 381 g/mol. The maximum absolute atomic E-state index is 12.7. The second-order valence-electron chi connectivity index (χ2n) is 5.91. The van der Waals surface area contributed by atoms with E-state index in [4.69, 9.17) is 4.74 Å². The van der Waals surface area contributed by atoms with Crippen LogP contribution in [0.3, 0.4) is 0 Å². The molecule has 3 aromatic rings. The lowest BCUT2D eigenvalue weighted by atomic mass is 9.95. The predicted molar refractivity (Wildman–Crippen MR) is 99.5 cm³/mol. The van der Waals surface area contributed by atoms with Gasteiger partial charge in [0.05, 0.1) is 25.8 Å². The Labute approximate surface area is 149 Å². The lowest BCUT2D eigenvalue weighted by Crippen LogP contribution is -2.34. The van der Waals surface area contributed by atoms with Gasteiger partial charge in [0, 0.05) is 9.86 Å². The number of anilines is 1. The molecule has 1 amide bonds. The van der Waals surface area contributed by atoms with E-state index in [0.717, 1.165) is 32.4 Å². The summed E-state index contributed by atoms with van der Waals surface area (Å²) in [5.41, 5.74) is 3.16. The summed E-state index contributed by atoms with van der Waals surface area (Å²) in [6.07, 6.45) is 0.441. The molecule has 0 fully saturated rings. The molecule has 1 aliphatic rings. The molecule has 0 aromatic heterocycles. The van der Waals surface area contributed by atoms with E-state index >= 15 is 0 Å². The minimum Gasteiger partial charge on any atom is -0.497 e. The average molecular weight is 382 g/mol. The number of hydrogen-bond acceptors (Lipinski definition) is 2.